The Morgan fingerprint density at radius 3 is 2.88 bits per heavy atom. The zero-order valence-corrected chi connectivity index (χ0v) is 14.7. The van der Waals surface area contributed by atoms with Gasteiger partial charge in [0.25, 0.3) is 0 Å². The molecule has 1 N–H and O–H groups in total. The summed E-state index contributed by atoms with van der Waals surface area (Å²) in [5, 5.41) is 3.62. The fraction of sp³-hybridized carbons (Fsp3) is 0.526. The molecule has 0 radical (unpaired) electrons. The molecule has 0 atom stereocenters. The van der Waals surface area contributed by atoms with E-state index in [2.05, 4.69) is 31.2 Å². The molecule has 0 amide bonds. The zero-order valence-electron chi connectivity index (χ0n) is 14.7. The van der Waals surface area contributed by atoms with Gasteiger partial charge in [-0.2, -0.15) is 0 Å². The maximum atomic E-state index is 5.39. The van der Waals surface area contributed by atoms with Crippen LogP contribution in [-0.4, -0.2) is 46.1 Å². The number of hydrogen-bond donors (Lipinski definition) is 1. The van der Waals surface area contributed by atoms with Gasteiger partial charge in [-0.15, -0.1) is 0 Å². The van der Waals surface area contributed by atoms with Crippen LogP contribution in [0.15, 0.2) is 24.7 Å². The van der Waals surface area contributed by atoms with Gasteiger partial charge in [0, 0.05) is 49.4 Å². The molecule has 132 valence electrons. The first kappa shape index (κ1) is 16.3. The fourth-order valence-corrected chi connectivity index (χ4v) is 3.57. The molecule has 1 fully saturated rings. The molecule has 6 nitrogen and oxygen atoms in total. The standard InChI is InChI=1S/C19H25N5O/c1-25-19-14(4-3-9-20-19)12-24-10-7-16-17(8-11-24)21-13-22-18(16)23-15-5-2-6-15/h3-4,9,13,15H,2,5-8,10-12H2,1H3,(H,21,22,23). The summed E-state index contributed by atoms with van der Waals surface area (Å²) in [6.07, 6.45) is 9.25. The van der Waals surface area contributed by atoms with Gasteiger partial charge in [-0.25, -0.2) is 15.0 Å². The van der Waals surface area contributed by atoms with E-state index in [0.717, 1.165) is 49.7 Å². The molecule has 2 aromatic heterocycles. The van der Waals surface area contributed by atoms with E-state index in [1.54, 1.807) is 19.6 Å². The number of nitrogens with one attached hydrogen (secondary N) is 1. The molecular formula is C19H25N5O. The number of hydrogen-bond acceptors (Lipinski definition) is 6. The van der Waals surface area contributed by atoms with Gasteiger partial charge in [-0.1, -0.05) is 6.07 Å². The molecule has 0 saturated heterocycles. The number of methoxy groups -OCH3 is 1. The maximum Gasteiger partial charge on any atom is 0.217 e. The predicted molar refractivity (Wildman–Crippen MR) is 96.8 cm³/mol. The van der Waals surface area contributed by atoms with E-state index in [9.17, 15) is 0 Å². The van der Waals surface area contributed by atoms with Crippen LogP contribution in [-0.2, 0) is 19.4 Å². The third-order valence-electron chi connectivity index (χ3n) is 5.26. The van der Waals surface area contributed by atoms with Crippen LogP contribution in [0.4, 0.5) is 5.82 Å². The summed E-state index contributed by atoms with van der Waals surface area (Å²) in [5.41, 5.74) is 3.63. The third-order valence-corrected chi connectivity index (χ3v) is 5.26. The van der Waals surface area contributed by atoms with Crippen molar-refractivity contribution in [2.24, 2.45) is 0 Å². The number of fused-ring (bicyclic) bond motifs is 1. The van der Waals surface area contributed by atoms with Gasteiger partial charge < -0.3 is 10.1 Å². The summed E-state index contributed by atoms with van der Waals surface area (Å²) >= 11 is 0. The highest BCUT2D eigenvalue weighted by molar-refractivity contribution is 5.47. The number of aromatic nitrogens is 3. The highest BCUT2D eigenvalue weighted by atomic mass is 16.5. The SMILES string of the molecule is COc1ncccc1CN1CCc2ncnc(NC3CCC3)c2CC1. The summed E-state index contributed by atoms with van der Waals surface area (Å²) in [7, 11) is 1.68. The Balaban J connectivity index is 1.47. The average Bonchev–Trinajstić information content (AvgIpc) is 2.82. The van der Waals surface area contributed by atoms with Crippen LogP contribution in [0, 0.1) is 0 Å². The van der Waals surface area contributed by atoms with Crippen LogP contribution in [0.3, 0.4) is 0 Å². The highest BCUT2D eigenvalue weighted by Crippen LogP contribution is 2.27. The van der Waals surface area contributed by atoms with Crippen molar-refractivity contribution in [3.63, 3.8) is 0 Å². The van der Waals surface area contributed by atoms with E-state index in [-0.39, 0.29) is 0 Å². The number of pyridine rings is 1. The lowest BCUT2D eigenvalue weighted by Crippen LogP contribution is -2.28. The van der Waals surface area contributed by atoms with Crippen molar-refractivity contribution in [1.29, 1.82) is 0 Å². The smallest absolute Gasteiger partial charge is 0.217 e. The van der Waals surface area contributed by atoms with Crippen LogP contribution in [0.5, 0.6) is 5.88 Å². The van der Waals surface area contributed by atoms with E-state index in [0.29, 0.717) is 6.04 Å². The van der Waals surface area contributed by atoms with Crippen LogP contribution >= 0.6 is 0 Å². The first-order chi connectivity index (χ1) is 12.3. The van der Waals surface area contributed by atoms with Crippen LogP contribution < -0.4 is 10.1 Å². The van der Waals surface area contributed by atoms with Crippen LogP contribution in [0.2, 0.25) is 0 Å². The average molecular weight is 339 g/mol. The topological polar surface area (TPSA) is 63.2 Å². The minimum Gasteiger partial charge on any atom is -0.481 e. The molecule has 25 heavy (non-hydrogen) atoms. The largest absolute Gasteiger partial charge is 0.481 e. The van der Waals surface area contributed by atoms with E-state index in [1.165, 1.54) is 30.5 Å². The van der Waals surface area contributed by atoms with E-state index in [4.69, 9.17) is 4.74 Å². The van der Waals surface area contributed by atoms with Gasteiger partial charge in [0.15, 0.2) is 0 Å². The molecule has 3 heterocycles. The monoisotopic (exact) mass is 339 g/mol. The minimum atomic E-state index is 0.595. The minimum absolute atomic E-state index is 0.595. The summed E-state index contributed by atoms with van der Waals surface area (Å²) in [4.78, 5) is 15.8. The first-order valence-electron chi connectivity index (χ1n) is 9.13. The lowest BCUT2D eigenvalue weighted by atomic mass is 9.93. The Morgan fingerprint density at radius 2 is 2.08 bits per heavy atom. The van der Waals surface area contributed by atoms with Gasteiger partial charge >= 0.3 is 0 Å². The summed E-state index contributed by atoms with van der Waals surface area (Å²) in [6.45, 7) is 2.84. The van der Waals surface area contributed by atoms with Crippen LogP contribution in [0.25, 0.3) is 0 Å². The normalized spacial score (nSPS) is 18.1. The van der Waals surface area contributed by atoms with Crippen molar-refractivity contribution in [3.8, 4) is 5.88 Å². The van der Waals surface area contributed by atoms with Crippen molar-refractivity contribution in [1.82, 2.24) is 19.9 Å². The Hall–Kier alpha value is -2.21. The molecule has 1 aliphatic heterocycles. The molecule has 0 bridgehead atoms. The Bertz CT molecular complexity index is 732. The van der Waals surface area contributed by atoms with Gasteiger partial charge in [-0.05, 0) is 31.7 Å². The van der Waals surface area contributed by atoms with Crippen molar-refractivity contribution in [3.05, 3.63) is 41.5 Å². The molecule has 2 aliphatic rings. The molecule has 0 aromatic carbocycles. The number of ether oxygens (including phenoxy) is 1. The molecule has 0 unspecified atom stereocenters. The van der Waals surface area contributed by atoms with Crippen molar-refractivity contribution < 1.29 is 4.74 Å². The lowest BCUT2D eigenvalue weighted by Gasteiger charge is -2.28. The molecule has 1 aliphatic carbocycles. The lowest BCUT2D eigenvalue weighted by molar-refractivity contribution is 0.272. The number of rotatable bonds is 5. The summed E-state index contributed by atoms with van der Waals surface area (Å²) in [6, 6.07) is 4.65. The molecular weight excluding hydrogens is 314 g/mol. The summed E-state index contributed by atoms with van der Waals surface area (Å²) in [5.74, 6) is 1.77. The van der Waals surface area contributed by atoms with E-state index >= 15 is 0 Å². The molecule has 6 heteroatoms. The summed E-state index contributed by atoms with van der Waals surface area (Å²) < 4.78 is 5.39. The van der Waals surface area contributed by atoms with Gasteiger partial charge in [0.2, 0.25) is 5.88 Å². The second kappa shape index (κ2) is 7.35. The van der Waals surface area contributed by atoms with Crippen molar-refractivity contribution >= 4 is 5.82 Å². The molecule has 0 spiro atoms. The Morgan fingerprint density at radius 1 is 1.20 bits per heavy atom. The third kappa shape index (κ3) is 3.58. The molecule has 1 saturated carbocycles. The first-order valence-corrected chi connectivity index (χ1v) is 9.13. The van der Waals surface area contributed by atoms with E-state index < -0.39 is 0 Å². The maximum absolute atomic E-state index is 5.39. The predicted octanol–water partition coefficient (Wildman–Crippen LogP) is 2.45. The Kier molecular flexibility index (Phi) is 4.78. The zero-order chi connectivity index (χ0) is 17.1. The highest BCUT2D eigenvalue weighted by Gasteiger charge is 2.23. The molecule has 2 aromatic rings. The quantitative estimate of drug-likeness (QED) is 0.903. The van der Waals surface area contributed by atoms with Crippen molar-refractivity contribution in [2.75, 3.05) is 25.5 Å². The molecule has 4 rings (SSSR count). The second-order valence-corrected chi connectivity index (χ2v) is 6.87. The Labute approximate surface area is 148 Å². The van der Waals surface area contributed by atoms with Crippen molar-refractivity contribution in [2.45, 2.75) is 44.7 Å². The van der Waals surface area contributed by atoms with Gasteiger partial charge in [-0.3, -0.25) is 4.90 Å². The van der Waals surface area contributed by atoms with E-state index in [1.807, 2.05) is 6.07 Å². The van der Waals surface area contributed by atoms with Crippen LogP contribution in [0.1, 0.15) is 36.1 Å². The second-order valence-electron chi connectivity index (χ2n) is 6.87. The van der Waals surface area contributed by atoms with Gasteiger partial charge in [0.05, 0.1) is 12.8 Å². The van der Waals surface area contributed by atoms with Gasteiger partial charge in [0.1, 0.15) is 12.1 Å². The fourth-order valence-electron chi connectivity index (χ4n) is 3.57. The number of anilines is 1. The number of nitrogens with zero attached hydrogens (tertiary/aromatic N) is 4.